The Morgan fingerprint density at radius 3 is 2.68 bits per heavy atom. The monoisotopic (exact) mass is 353 g/mol. The number of aromatic nitrogens is 2. The van der Waals surface area contributed by atoms with Crippen LogP contribution in [0.2, 0.25) is 0 Å². The Morgan fingerprint density at radius 1 is 1.24 bits per heavy atom. The molecule has 1 heterocycles. The van der Waals surface area contributed by atoms with E-state index >= 15 is 0 Å². The summed E-state index contributed by atoms with van der Waals surface area (Å²) in [5, 5.41) is 10.3. The van der Waals surface area contributed by atoms with E-state index in [1.165, 1.54) is 6.07 Å². The Morgan fingerprint density at radius 2 is 2.04 bits per heavy atom. The molecule has 0 bridgehead atoms. The van der Waals surface area contributed by atoms with Gasteiger partial charge < -0.3 is 10.6 Å². The lowest BCUT2D eigenvalue weighted by atomic mass is 10.1. The average Bonchev–Trinajstić information content (AvgIpc) is 2.99. The highest BCUT2D eigenvalue weighted by Gasteiger charge is 2.30. The third-order valence-electron chi connectivity index (χ3n) is 3.63. The summed E-state index contributed by atoms with van der Waals surface area (Å²) in [6.45, 7) is 0.976. The van der Waals surface area contributed by atoms with Crippen LogP contribution in [-0.2, 0) is 26.2 Å². The second-order valence-corrected chi connectivity index (χ2v) is 5.68. The highest BCUT2D eigenvalue weighted by atomic mass is 19.4. The Hall–Kier alpha value is -2.51. The minimum absolute atomic E-state index is 0.270. The number of aliphatic imine (C=N–C) groups is 1. The highest BCUT2D eigenvalue weighted by molar-refractivity contribution is 5.79. The fraction of sp³-hybridized carbons (Fsp3) is 0.412. The lowest BCUT2D eigenvalue weighted by Gasteiger charge is -2.13. The van der Waals surface area contributed by atoms with Crippen molar-refractivity contribution in [2.24, 2.45) is 12.0 Å². The first-order chi connectivity index (χ1) is 11.9. The molecule has 1 aromatic heterocycles. The number of halogens is 3. The predicted molar refractivity (Wildman–Crippen MR) is 91.2 cm³/mol. The number of rotatable bonds is 6. The van der Waals surface area contributed by atoms with Crippen molar-refractivity contribution in [3.63, 3.8) is 0 Å². The predicted octanol–water partition coefficient (Wildman–Crippen LogP) is 2.74. The summed E-state index contributed by atoms with van der Waals surface area (Å²) >= 11 is 0. The molecule has 0 saturated heterocycles. The van der Waals surface area contributed by atoms with E-state index in [1.54, 1.807) is 17.8 Å². The van der Waals surface area contributed by atoms with Crippen LogP contribution in [0.5, 0.6) is 0 Å². The molecule has 2 aromatic rings. The van der Waals surface area contributed by atoms with Crippen molar-refractivity contribution in [3.8, 4) is 0 Å². The number of guanidine groups is 1. The molecule has 0 fully saturated rings. The van der Waals surface area contributed by atoms with Gasteiger partial charge in [0.1, 0.15) is 0 Å². The minimum Gasteiger partial charge on any atom is -0.356 e. The van der Waals surface area contributed by atoms with Gasteiger partial charge in [0.05, 0.1) is 11.8 Å². The second kappa shape index (κ2) is 8.55. The van der Waals surface area contributed by atoms with Crippen LogP contribution in [0.25, 0.3) is 0 Å². The summed E-state index contributed by atoms with van der Waals surface area (Å²) < 4.78 is 39.9. The number of nitrogens with one attached hydrogen (secondary N) is 2. The van der Waals surface area contributed by atoms with Crippen LogP contribution < -0.4 is 10.6 Å². The molecule has 8 heteroatoms. The molecule has 0 unspecified atom stereocenters. The average molecular weight is 353 g/mol. The fourth-order valence-electron chi connectivity index (χ4n) is 2.36. The lowest BCUT2D eigenvalue weighted by Crippen LogP contribution is -2.37. The van der Waals surface area contributed by atoms with Gasteiger partial charge >= 0.3 is 6.18 Å². The molecule has 0 aliphatic heterocycles. The van der Waals surface area contributed by atoms with E-state index in [0.29, 0.717) is 18.1 Å². The van der Waals surface area contributed by atoms with Gasteiger partial charge in [0.2, 0.25) is 0 Å². The van der Waals surface area contributed by atoms with Gasteiger partial charge in [-0.1, -0.05) is 12.1 Å². The van der Waals surface area contributed by atoms with E-state index < -0.39 is 11.7 Å². The molecule has 5 nitrogen and oxygen atoms in total. The van der Waals surface area contributed by atoms with Crippen LogP contribution >= 0.6 is 0 Å². The van der Waals surface area contributed by atoms with E-state index in [9.17, 15) is 13.2 Å². The summed E-state index contributed by atoms with van der Waals surface area (Å²) in [7, 11) is 3.50. The standard InChI is InChI=1S/C17H22F3N5/c1-21-16(22-8-4-6-14-11-24-25(2)12-14)23-10-13-5-3-7-15(9-13)17(18,19)20/h3,5,7,9,11-12H,4,6,8,10H2,1-2H3,(H2,21,22,23). The number of benzene rings is 1. The molecule has 0 atom stereocenters. The zero-order valence-corrected chi connectivity index (χ0v) is 14.3. The maximum atomic E-state index is 12.7. The van der Waals surface area contributed by atoms with Crippen LogP contribution in [0.15, 0.2) is 41.7 Å². The van der Waals surface area contributed by atoms with Crippen molar-refractivity contribution in [1.29, 1.82) is 0 Å². The Balaban J connectivity index is 1.76. The molecule has 25 heavy (non-hydrogen) atoms. The van der Waals surface area contributed by atoms with E-state index in [2.05, 4.69) is 20.7 Å². The third-order valence-corrected chi connectivity index (χ3v) is 3.63. The lowest BCUT2D eigenvalue weighted by molar-refractivity contribution is -0.137. The summed E-state index contributed by atoms with van der Waals surface area (Å²) in [5.41, 5.74) is 1.07. The van der Waals surface area contributed by atoms with Gasteiger partial charge in [-0.3, -0.25) is 9.67 Å². The molecule has 0 aliphatic carbocycles. The molecule has 136 valence electrons. The van der Waals surface area contributed by atoms with E-state index in [1.807, 2.05) is 19.4 Å². The van der Waals surface area contributed by atoms with Gasteiger partial charge in [0, 0.05) is 33.4 Å². The number of hydrogen-bond donors (Lipinski definition) is 2. The molecule has 0 aliphatic rings. The third kappa shape index (κ3) is 6.13. The Bertz CT molecular complexity index is 706. The molecule has 2 N–H and O–H groups in total. The molecule has 0 radical (unpaired) electrons. The molecule has 0 amide bonds. The first-order valence-corrected chi connectivity index (χ1v) is 7.96. The van der Waals surface area contributed by atoms with Gasteiger partial charge in [-0.05, 0) is 36.1 Å². The highest BCUT2D eigenvalue weighted by Crippen LogP contribution is 2.29. The first-order valence-electron chi connectivity index (χ1n) is 7.96. The molecule has 0 saturated carbocycles. The van der Waals surface area contributed by atoms with Crippen molar-refractivity contribution in [2.75, 3.05) is 13.6 Å². The normalized spacial score (nSPS) is 12.3. The van der Waals surface area contributed by atoms with Crippen LogP contribution in [-0.4, -0.2) is 29.3 Å². The zero-order chi connectivity index (χ0) is 18.3. The van der Waals surface area contributed by atoms with E-state index in [4.69, 9.17) is 0 Å². The van der Waals surface area contributed by atoms with Crippen LogP contribution in [0.1, 0.15) is 23.1 Å². The maximum Gasteiger partial charge on any atom is 0.416 e. The van der Waals surface area contributed by atoms with Crippen LogP contribution in [0.4, 0.5) is 13.2 Å². The van der Waals surface area contributed by atoms with Crippen molar-refractivity contribution < 1.29 is 13.2 Å². The fourth-order valence-corrected chi connectivity index (χ4v) is 2.36. The van der Waals surface area contributed by atoms with Gasteiger partial charge in [-0.15, -0.1) is 0 Å². The minimum atomic E-state index is -4.33. The van der Waals surface area contributed by atoms with E-state index in [0.717, 1.165) is 30.5 Å². The largest absolute Gasteiger partial charge is 0.416 e. The number of alkyl halides is 3. The number of aryl methyl sites for hydroxylation is 2. The summed E-state index contributed by atoms with van der Waals surface area (Å²) in [6.07, 6.45) is 1.27. The topological polar surface area (TPSA) is 54.2 Å². The number of nitrogens with zero attached hydrogens (tertiary/aromatic N) is 3. The van der Waals surface area contributed by atoms with E-state index in [-0.39, 0.29) is 6.54 Å². The quantitative estimate of drug-likeness (QED) is 0.477. The van der Waals surface area contributed by atoms with Crippen LogP contribution in [0.3, 0.4) is 0 Å². The van der Waals surface area contributed by atoms with Gasteiger partial charge in [-0.25, -0.2) is 0 Å². The van der Waals surface area contributed by atoms with Gasteiger partial charge in [-0.2, -0.15) is 18.3 Å². The SMILES string of the molecule is CN=C(NCCCc1cnn(C)c1)NCc1cccc(C(F)(F)F)c1. The Kier molecular flexibility index (Phi) is 6.44. The summed E-state index contributed by atoms with van der Waals surface area (Å²) in [6, 6.07) is 5.26. The van der Waals surface area contributed by atoms with Gasteiger partial charge in [0.25, 0.3) is 0 Å². The summed E-state index contributed by atoms with van der Waals surface area (Å²) in [5.74, 6) is 0.559. The molecule has 2 rings (SSSR count). The van der Waals surface area contributed by atoms with Crippen molar-refractivity contribution in [1.82, 2.24) is 20.4 Å². The molecular weight excluding hydrogens is 331 g/mol. The Labute approximate surface area is 145 Å². The van der Waals surface area contributed by atoms with Crippen molar-refractivity contribution >= 4 is 5.96 Å². The zero-order valence-electron chi connectivity index (χ0n) is 14.3. The first kappa shape index (κ1) is 18.8. The van der Waals surface area contributed by atoms with Crippen molar-refractivity contribution in [2.45, 2.75) is 25.6 Å². The maximum absolute atomic E-state index is 12.7. The molecule has 0 spiro atoms. The molecule has 1 aromatic carbocycles. The summed E-state index contributed by atoms with van der Waals surface area (Å²) in [4.78, 5) is 4.08. The van der Waals surface area contributed by atoms with Crippen LogP contribution in [0, 0.1) is 0 Å². The second-order valence-electron chi connectivity index (χ2n) is 5.68. The number of hydrogen-bond acceptors (Lipinski definition) is 2. The smallest absolute Gasteiger partial charge is 0.356 e. The van der Waals surface area contributed by atoms with Gasteiger partial charge in [0.15, 0.2) is 5.96 Å². The molecular formula is C17H22F3N5. The van der Waals surface area contributed by atoms with Crippen molar-refractivity contribution in [3.05, 3.63) is 53.3 Å².